The minimum Gasteiger partial charge on any atom is -0.345 e. The van der Waals surface area contributed by atoms with E-state index >= 15 is 0 Å². The fourth-order valence-electron chi connectivity index (χ4n) is 2.79. The van der Waals surface area contributed by atoms with Gasteiger partial charge in [-0.25, -0.2) is 0 Å². The minimum atomic E-state index is -0.677. The normalized spacial score (nSPS) is 16.1. The number of nitrogens with two attached hydrogens (primary N) is 1. The monoisotopic (exact) mass is 299 g/mol. The second-order valence-corrected chi connectivity index (χ2v) is 5.85. The first kappa shape index (κ1) is 14.7. The average molecular weight is 299 g/mol. The van der Waals surface area contributed by atoms with E-state index in [1.54, 1.807) is 0 Å². The van der Waals surface area contributed by atoms with E-state index in [1.807, 2.05) is 38.1 Å². The molecule has 1 aromatic heterocycles. The molecule has 0 radical (unpaired) electrons. The van der Waals surface area contributed by atoms with E-state index in [1.165, 1.54) is 0 Å². The number of hydrogen-bond donors (Lipinski definition) is 2. The highest BCUT2D eigenvalue weighted by Gasteiger charge is 2.24. The quantitative estimate of drug-likeness (QED) is 0.894. The van der Waals surface area contributed by atoms with Crippen LogP contribution < -0.4 is 11.1 Å². The molecule has 1 aliphatic heterocycles. The summed E-state index contributed by atoms with van der Waals surface area (Å²) in [5, 5.41) is 11.3. The van der Waals surface area contributed by atoms with E-state index in [2.05, 4.69) is 20.1 Å². The third-order valence-corrected chi connectivity index (χ3v) is 4.10. The number of nitrogens with zero attached hydrogens (tertiary/aromatic N) is 3. The molecule has 0 saturated carbocycles. The molecule has 0 fully saturated rings. The summed E-state index contributed by atoms with van der Waals surface area (Å²) in [5.74, 6) is 1.60. The number of rotatable bonds is 4. The summed E-state index contributed by atoms with van der Waals surface area (Å²) >= 11 is 0. The molecular weight excluding hydrogens is 278 g/mol. The van der Waals surface area contributed by atoms with Crippen molar-refractivity contribution in [3.8, 4) is 0 Å². The lowest BCUT2D eigenvalue weighted by atomic mass is 10.1. The molecule has 3 N–H and O–H groups in total. The van der Waals surface area contributed by atoms with Gasteiger partial charge in [-0.1, -0.05) is 29.8 Å². The van der Waals surface area contributed by atoms with Crippen molar-refractivity contribution in [3.05, 3.63) is 47.0 Å². The van der Waals surface area contributed by atoms with Crippen molar-refractivity contribution in [1.82, 2.24) is 20.1 Å². The molecule has 0 aliphatic carbocycles. The summed E-state index contributed by atoms with van der Waals surface area (Å²) in [6, 6.07) is 6.81. The summed E-state index contributed by atoms with van der Waals surface area (Å²) < 4.78 is 2.09. The van der Waals surface area contributed by atoms with Crippen molar-refractivity contribution in [2.24, 2.45) is 5.73 Å². The predicted molar refractivity (Wildman–Crippen MR) is 83.0 cm³/mol. The molecule has 3 rings (SSSR count). The lowest BCUT2D eigenvalue weighted by Gasteiger charge is -2.17. The van der Waals surface area contributed by atoms with Gasteiger partial charge in [-0.15, -0.1) is 10.2 Å². The largest absolute Gasteiger partial charge is 0.345 e. The molecule has 1 aromatic carbocycles. The molecular formula is C16H21N5O. The number of amides is 1. The molecule has 2 heterocycles. The van der Waals surface area contributed by atoms with Crippen molar-refractivity contribution in [1.29, 1.82) is 0 Å². The number of fused-ring (bicyclic) bond motifs is 1. The first-order valence-electron chi connectivity index (χ1n) is 7.61. The van der Waals surface area contributed by atoms with Gasteiger partial charge >= 0.3 is 0 Å². The standard InChI is InChI=1S/C16H21N5O/c1-10-5-7-12(8-6-10)14(17)16(22)18-11(2)15-20-19-13-4-3-9-21(13)15/h5-8,11,14H,3-4,9,17H2,1-2H3,(H,18,22). The van der Waals surface area contributed by atoms with Crippen LogP contribution in [0.4, 0.5) is 0 Å². The maximum atomic E-state index is 12.3. The summed E-state index contributed by atoms with van der Waals surface area (Å²) in [6.07, 6.45) is 2.04. The fraction of sp³-hybridized carbons (Fsp3) is 0.438. The third-order valence-electron chi connectivity index (χ3n) is 4.10. The summed E-state index contributed by atoms with van der Waals surface area (Å²) in [7, 11) is 0. The van der Waals surface area contributed by atoms with Crippen molar-refractivity contribution < 1.29 is 4.79 Å². The van der Waals surface area contributed by atoms with Crippen molar-refractivity contribution in [2.75, 3.05) is 0 Å². The van der Waals surface area contributed by atoms with Crippen LogP contribution in [0, 0.1) is 6.92 Å². The van der Waals surface area contributed by atoms with E-state index in [0.717, 1.165) is 42.2 Å². The number of benzene rings is 1. The van der Waals surface area contributed by atoms with Gasteiger partial charge in [0.05, 0.1) is 6.04 Å². The van der Waals surface area contributed by atoms with Gasteiger partial charge in [-0.2, -0.15) is 0 Å². The Kier molecular flexibility index (Phi) is 3.94. The van der Waals surface area contributed by atoms with Crippen molar-refractivity contribution in [2.45, 2.75) is 45.3 Å². The van der Waals surface area contributed by atoms with Crippen LogP contribution in [0.2, 0.25) is 0 Å². The van der Waals surface area contributed by atoms with Gasteiger partial charge in [-0.05, 0) is 25.8 Å². The smallest absolute Gasteiger partial charge is 0.242 e. The van der Waals surface area contributed by atoms with Crippen molar-refractivity contribution >= 4 is 5.91 Å². The highest BCUT2D eigenvalue weighted by molar-refractivity contribution is 5.83. The lowest BCUT2D eigenvalue weighted by molar-refractivity contribution is -0.123. The zero-order chi connectivity index (χ0) is 15.7. The van der Waals surface area contributed by atoms with E-state index < -0.39 is 6.04 Å². The van der Waals surface area contributed by atoms with Crippen LogP contribution in [-0.2, 0) is 17.8 Å². The number of carbonyl (C=O) groups is 1. The number of aryl methyl sites for hydroxylation is 2. The lowest BCUT2D eigenvalue weighted by Crippen LogP contribution is -2.36. The Morgan fingerprint density at radius 3 is 2.77 bits per heavy atom. The van der Waals surface area contributed by atoms with Crippen molar-refractivity contribution in [3.63, 3.8) is 0 Å². The Morgan fingerprint density at radius 2 is 2.05 bits per heavy atom. The molecule has 2 unspecified atom stereocenters. The highest BCUT2D eigenvalue weighted by atomic mass is 16.2. The zero-order valence-corrected chi connectivity index (χ0v) is 12.9. The number of nitrogens with one attached hydrogen (secondary N) is 1. The summed E-state index contributed by atoms with van der Waals surface area (Å²) in [4.78, 5) is 12.3. The molecule has 1 aliphatic rings. The van der Waals surface area contributed by atoms with Crippen LogP contribution in [0.5, 0.6) is 0 Å². The van der Waals surface area contributed by atoms with E-state index in [4.69, 9.17) is 5.73 Å². The molecule has 22 heavy (non-hydrogen) atoms. The summed E-state index contributed by atoms with van der Waals surface area (Å²) in [6.45, 7) is 4.83. The molecule has 1 amide bonds. The minimum absolute atomic E-state index is 0.202. The van der Waals surface area contributed by atoms with Gasteiger partial charge in [0.2, 0.25) is 5.91 Å². The van der Waals surface area contributed by atoms with Crippen LogP contribution in [0.1, 0.15) is 48.2 Å². The first-order chi connectivity index (χ1) is 10.6. The molecule has 2 atom stereocenters. The van der Waals surface area contributed by atoms with Gasteiger partial charge in [0, 0.05) is 13.0 Å². The Bertz CT molecular complexity index is 676. The second kappa shape index (κ2) is 5.88. The topological polar surface area (TPSA) is 85.8 Å². The maximum Gasteiger partial charge on any atom is 0.242 e. The van der Waals surface area contributed by atoms with Crippen LogP contribution in [0.15, 0.2) is 24.3 Å². The molecule has 6 heteroatoms. The second-order valence-electron chi connectivity index (χ2n) is 5.85. The fourth-order valence-corrected chi connectivity index (χ4v) is 2.79. The average Bonchev–Trinajstić information content (AvgIpc) is 3.09. The van der Waals surface area contributed by atoms with Crippen LogP contribution in [0.3, 0.4) is 0 Å². The zero-order valence-electron chi connectivity index (χ0n) is 12.9. The molecule has 116 valence electrons. The van der Waals surface area contributed by atoms with Gasteiger partial charge in [0.1, 0.15) is 11.9 Å². The van der Waals surface area contributed by atoms with E-state index in [0.29, 0.717) is 0 Å². The number of hydrogen-bond acceptors (Lipinski definition) is 4. The first-order valence-corrected chi connectivity index (χ1v) is 7.61. The Labute approximate surface area is 129 Å². The van der Waals surface area contributed by atoms with Crippen LogP contribution >= 0.6 is 0 Å². The Balaban J connectivity index is 1.69. The molecule has 6 nitrogen and oxygen atoms in total. The molecule has 0 saturated heterocycles. The predicted octanol–water partition coefficient (Wildman–Crippen LogP) is 1.41. The van der Waals surface area contributed by atoms with Gasteiger partial charge < -0.3 is 15.6 Å². The molecule has 0 spiro atoms. The third kappa shape index (κ3) is 2.74. The van der Waals surface area contributed by atoms with Gasteiger partial charge in [0.15, 0.2) is 5.82 Å². The maximum absolute atomic E-state index is 12.3. The Morgan fingerprint density at radius 1 is 1.32 bits per heavy atom. The van der Waals surface area contributed by atoms with Crippen LogP contribution in [0.25, 0.3) is 0 Å². The SMILES string of the molecule is Cc1ccc(C(N)C(=O)NC(C)c2nnc3n2CCC3)cc1. The van der Waals surface area contributed by atoms with Gasteiger partial charge in [0.25, 0.3) is 0 Å². The van der Waals surface area contributed by atoms with E-state index in [9.17, 15) is 4.79 Å². The highest BCUT2D eigenvalue weighted by Crippen LogP contribution is 2.20. The van der Waals surface area contributed by atoms with E-state index in [-0.39, 0.29) is 11.9 Å². The summed E-state index contributed by atoms with van der Waals surface area (Å²) in [5.41, 5.74) is 8.00. The number of carbonyl (C=O) groups excluding carboxylic acids is 1. The molecule has 2 aromatic rings. The molecule has 0 bridgehead atoms. The number of aromatic nitrogens is 3. The Hall–Kier alpha value is -2.21. The van der Waals surface area contributed by atoms with Gasteiger partial charge in [-0.3, -0.25) is 4.79 Å². The van der Waals surface area contributed by atoms with Crippen LogP contribution in [-0.4, -0.2) is 20.7 Å².